The van der Waals surface area contributed by atoms with E-state index in [1.165, 1.54) is 0 Å². The number of nitrogens with one attached hydrogen (secondary N) is 2. The van der Waals surface area contributed by atoms with E-state index in [0.29, 0.717) is 17.2 Å². The first-order valence-corrected chi connectivity index (χ1v) is 8.82. The average molecular weight is 354 g/mol. The third kappa shape index (κ3) is 3.14. The zero-order chi connectivity index (χ0) is 18.0. The molecule has 2 aromatic rings. The van der Waals surface area contributed by atoms with E-state index in [1.807, 2.05) is 30.3 Å². The van der Waals surface area contributed by atoms with Crippen LogP contribution < -0.4 is 24.8 Å². The van der Waals surface area contributed by atoms with E-state index in [9.17, 15) is 4.79 Å². The second-order valence-electron chi connectivity index (χ2n) is 6.66. The smallest absolute Gasteiger partial charge is 0.319 e. The van der Waals surface area contributed by atoms with Gasteiger partial charge in [-0.25, -0.2) is 4.79 Å². The predicted molar refractivity (Wildman–Crippen MR) is 97.9 cm³/mol. The SMILES string of the molecule is COc1ccc(C2(NC(=O)Nc3ccc4c(c3)OCO4)CCCC2)cc1. The molecule has 1 saturated carbocycles. The predicted octanol–water partition coefficient (Wildman–Crippen LogP) is 4.01. The Kier molecular flexibility index (Phi) is 4.32. The molecule has 0 spiro atoms. The van der Waals surface area contributed by atoms with Crippen molar-refractivity contribution in [3.05, 3.63) is 48.0 Å². The third-order valence-electron chi connectivity index (χ3n) is 5.08. The second kappa shape index (κ2) is 6.78. The van der Waals surface area contributed by atoms with Gasteiger partial charge in [-0.1, -0.05) is 25.0 Å². The van der Waals surface area contributed by atoms with Crippen molar-refractivity contribution in [1.82, 2.24) is 5.32 Å². The molecule has 6 nitrogen and oxygen atoms in total. The summed E-state index contributed by atoms with van der Waals surface area (Å²) in [5.74, 6) is 2.15. The molecule has 0 saturated heterocycles. The second-order valence-corrected chi connectivity index (χ2v) is 6.66. The van der Waals surface area contributed by atoms with Gasteiger partial charge in [0.05, 0.1) is 12.6 Å². The summed E-state index contributed by atoms with van der Waals surface area (Å²) in [4.78, 5) is 12.7. The minimum atomic E-state index is -0.341. The number of methoxy groups -OCH3 is 1. The summed E-state index contributed by atoms with van der Waals surface area (Å²) in [5, 5.41) is 6.10. The maximum atomic E-state index is 12.7. The molecule has 1 heterocycles. The van der Waals surface area contributed by atoms with Gasteiger partial charge in [0.15, 0.2) is 11.5 Å². The Morgan fingerprint density at radius 2 is 1.77 bits per heavy atom. The van der Waals surface area contributed by atoms with E-state index in [2.05, 4.69) is 10.6 Å². The van der Waals surface area contributed by atoms with Crippen molar-refractivity contribution >= 4 is 11.7 Å². The summed E-state index contributed by atoms with van der Waals surface area (Å²) in [6.45, 7) is 0.214. The fourth-order valence-corrected chi connectivity index (χ4v) is 3.73. The van der Waals surface area contributed by atoms with Crippen LogP contribution in [0.5, 0.6) is 17.2 Å². The largest absolute Gasteiger partial charge is 0.497 e. The van der Waals surface area contributed by atoms with E-state index >= 15 is 0 Å². The Morgan fingerprint density at radius 3 is 2.50 bits per heavy atom. The van der Waals surface area contributed by atoms with Crippen LogP contribution in [-0.4, -0.2) is 19.9 Å². The van der Waals surface area contributed by atoms with E-state index in [4.69, 9.17) is 14.2 Å². The molecule has 4 rings (SSSR count). The number of benzene rings is 2. The lowest BCUT2D eigenvalue weighted by atomic mass is 9.88. The highest BCUT2D eigenvalue weighted by molar-refractivity contribution is 5.90. The van der Waals surface area contributed by atoms with Crippen LogP contribution in [0.25, 0.3) is 0 Å². The van der Waals surface area contributed by atoms with Gasteiger partial charge in [-0.15, -0.1) is 0 Å². The van der Waals surface area contributed by atoms with Gasteiger partial charge in [-0.05, 0) is 42.7 Å². The van der Waals surface area contributed by atoms with Crippen LogP contribution in [0.3, 0.4) is 0 Å². The normalized spacial score (nSPS) is 17.0. The molecular formula is C20H22N2O4. The summed E-state index contributed by atoms with van der Waals surface area (Å²) in [6, 6.07) is 13.1. The van der Waals surface area contributed by atoms with Crippen molar-refractivity contribution in [3.63, 3.8) is 0 Å². The van der Waals surface area contributed by atoms with E-state index in [-0.39, 0.29) is 18.4 Å². The molecule has 2 aromatic carbocycles. The van der Waals surface area contributed by atoms with E-state index < -0.39 is 0 Å². The molecule has 1 fully saturated rings. The maximum absolute atomic E-state index is 12.7. The van der Waals surface area contributed by atoms with Crippen LogP contribution in [0.15, 0.2) is 42.5 Å². The van der Waals surface area contributed by atoms with Gasteiger partial charge in [0, 0.05) is 11.8 Å². The summed E-state index contributed by atoms with van der Waals surface area (Å²) in [6.07, 6.45) is 4.04. The van der Waals surface area contributed by atoms with Gasteiger partial charge in [0.2, 0.25) is 6.79 Å². The molecule has 0 radical (unpaired) electrons. The highest BCUT2D eigenvalue weighted by Crippen LogP contribution is 2.39. The van der Waals surface area contributed by atoms with E-state index in [1.54, 1.807) is 19.2 Å². The number of hydrogen-bond acceptors (Lipinski definition) is 4. The van der Waals surface area contributed by atoms with Crippen molar-refractivity contribution in [1.29, 1.82) is 0 Å². The van der Waals surface area contributed by atoms with Crippen molar-refractivity contribution < 1.29 is 19.0 Å². The summed E-state index contributed by atoms with van der Waals surface area (Å²) in [5.41, 5.74) is 1.44. The monoisotopic (exact) mass is 354 g/mol. The van der Waals surface area contributed by atoms with Gasteiger partial charge in [0.1, 0.15) is 5.75 Å². The van der Waals surface area contributed by atoms with Crippen LogP contribution >= 0.6 is 0 Å². The van der Waals surface area contributed by atoms with Gasteiger partial charge < -0.3 is 24.8 Å². The van der Waals surface area contributed by atoms with Gasteiger partial charge in [-0.2, -0.15) is 0 Å². The van der Waals surface area contributed by atoms with Crippen LogP contribution in [0, 0.1) is 0 Å². The van der Waals surface area contributed by atoms with Gasteiger partial charge in [0.25, 0.3) is 0 Å². The van der Waals surface area contributed by atoms with Crippen LogP contribution in [-0.2, 0) is 5.54 Å². The highest BCUT2D eigenvalue weighted by atomic mass is 16.7. The standard InChI is InChI=1S/C20H22N2O4/c1-24-16-7-4-14(5-8-16)20(10-2-3-11-20)22-19(23)21-15-6-9-17-18(12-15)26-13-25-17/h4-9,12H,2-3,10-11,13H2,1H3,(H2,21,22,23). The zero-order valence-electron chi connectivity index (χ0n) is 14.7. The topological polar surface area (TPSA) is 68.8 Å². The number of carbonyl (C=O) groups is 1. The first-order valence-electron chi connectivity index (χ1n) is 8.82. The van der Waals surface area contributed by atoms with Crippen molar-refractivity contribution in [2.75, 3.05) is 19.2 Å². The number of urea groups is 1. The molecule has 1 aliphatic carbocycles. The number of amides is 2. The van der Waals surface area contributed by atoms with E-state index in [0.717, 1.165) is 37.0 Å². The number of rotatable bonds is 4. The molecule has 0 bridgehead atoms. The Hall–Kier alpha value is -2.89. The molecule has 136 valence electrons. The molecule has 2 amide bonds. The number of ether oxygens (including phenoxy) is 3. The summed E-state index contributed by atoms with van der Waals surface area (Å²) in [7, 11) is 1.65. The lowest BCUT2D eigenvalue weighted by Gasteiger charge is -2.31. The lowest BCUT2D eigenvalue weighted by Crippen LogP contribution is -2.45. The maximum Gasteiger partial charge on any atom is 0.319 e. The third-order valence-corrected chi connectivity index (χ3v) is 5.08. The number of anilines is 1. The summed E-state index contributed by atoms with van der Waals surface area (Å²) >= 11 is 0. The average Bonchev–Trinajstić information content (AvgIpc) is 3.31. The first-order chi connectivity index (χ1) is 12.7. The molecule has 0 atom stereocenters. The fourth-order valence-electron chi connectivity index (χ4n) is 3.73. The molecule has 26 heavy (non-hydrogen) atoms. The number of carbonyl (C=O) groups excluding carboxylic acids is 1. The van der Waals surface area contributed by atoms with Gasteiger partial charge >= 0.3 is 6.03 Å². The Balaban J connectivity index is 1.50. The van der Waals surface area contributed by atoms with Gasteiger partial charge in [-0.3, -0.25) is 0 Å². The van der Waals surface area contributed by atoms with Crippen LogP contribution in [0.1, 0.15) is 31.2 Å². The minimum absolute atomic E-state index is 0.214. The molecule has 2 N–H and O–H groups in total. The fraction of sp³-hybridized carbons (Fsp3) is 0.350. The lowest BCUT2D eigenvalue weighted by molar-refractivity contribution is 0.174. The first kappa shape index (κ1) is 16.6. The van der Waals surface area contributed by atoms with Crippen LogP contribution in [0.4, 0.5) is 10.5 Å². The molecule has 6 heteroatoms. The quantitative estimate of drug-likeness (QED) is 0.870. The number of hydrogen-bond donors (Lipinski definition) is 2. The minimum Gasteiger partial charge on any atom is -0.497 e. The van der Waals surface area contributed by atoms with Crippen molar-refractivity contribution in [2.24, 2.45) is 0 Å². The summed E-state index contributed by atoms with van der Waals surface area (Å²) < 4.78 is 15.9. The Morgan fingerprint density at radius 1 is 1.04 bits per heavy atom. The Bertz CT molecular complexity index is 798. The molecular weight excluding hydrogens is 332 g/mol. The van der Waals surface area contributed by atoms with Crippen LogP contribution in [0.2, 0.25) is 0 Å². The molecule has 2 aliphatic rings. The highest BCUT2D eigenvalue weighted by Gasteiger charge is 2.37. The molecule has 0 aromatic heterocycles. The van der Waals surface area contributed by atoms with Crippen molar-refractivity contribution in [3.8, 4) is 17.2 Å². The molecule has 0 unspecified atom stereocenters. The number of fused-ring (bicyclic) bond motifs is 1. The van der Waals surface area contributed by atoms with Crippen molar-refractivity contribution in [2.45, 2.75) is 31.2 Å². The molecule has 1 aliphatic heterocycles. The Labute approximate surface area is 152 Å². The zero-order valence-corrected chi connectivity index (χ0v) is 14.7.